The number of guanidine groups is 2. The van der Waals surface area contributed by atoms with E-state index in [9.17, 15) is 10.1 Å². The molecule has 1 fully saturated rings. The highest BCUT2D eigenvalue weighted by Crippen LogP contribution is 2.40. The average molecular weight is 310 g/mol. The fourth-order valence-corrected chi connectivity index (χ4v) is 3.38. The molecule has 1 saturated carbocycles. The monoisotopic (exact) mass is 310 g/mol. The third-order valence-electron chi connectivity index (χ3n) is 4.37. The lowest BCUT2D eigenvalue weighted by Crippen LogP contribution is -2.58. The predicted octanol–water partition coefficient (Wildman–Crippen LogP) is 1.48. The number of rotatable bonds is 2. The van der Waals surface area contributed by atoms with Crippen LogP contribution in [0.3, 0.4) is 0 Å². The van der Waals surface area contributed by atoms with E-state index in [2.05, 4.69) is 16.1 Å². The van der Waals surface area contributed by atoms with Crippen LogP contribution in [0.1, 0.15) is 48.0 Å². The first-order valence-electron chi connectivity index (χ1n) is 7.59. The van der Waals surface area contributed by atoms with E-state index in [0.717, 1.165) is 32.1 Å². The molecule has 4 N–H and O–H groups in total. The van der Waals surface area contributed by atoms with Gasteiger partial charge in [-0.2, -0.15) is 10.3 Å². The quantitative estimate of drug-likeness (QED) is 0.801. The standard InChI is InChI=1S/C16H18N6O/c17-9-12-8-11(10-23)4-5-13(12)22-15(19)20-14(18)21-16(22)6-2-1-3-7-16/h4-5,8,10H,1-3,6-7H2,(H4,18,19,20,21). The highest BCUT2D eigenvalue weighted by molar-refractivity contribution is 6.06. The minimum Gasteiger partial charge on any atom is -0.369 e. The zero-order chi connectivity index (χ0) is 16.4. The van der Waals surface area contributed by atoms with Gasteiger partial charge in [-0.05, 0) is 43.9 Å². The number of hydrogen-bond donors (Lipinski definition) is 2. The van der Waals surface area contributed by atoms with E-state index >= 15 is 0 Å². The van der Waals surface area contributed by atoms with Crippen molar-refractivity contribution in [3.05, 3.63) is 29.3 Å². The summed E-state index contributed by atoms with van der Waals surface area (Å²) in [6, 6.07) is 7.06. The summed E-state index contributed by atoms with van der Waals surface area (Å²) in [6.45, 7) is 0. The summed E-state index contributed by atoms with van der Waals surface area (Å²) in [6.07, 6.45) is 5.46. The lowest BCUT2D eigenvalue weighted by atomic mass is 9.87. The smallest absolute Gasteiger partial charge is 0.220 e. The number of aldehydes is 1. The molecular formula is C16H18N6O. The van der Waals surface area contributed by atoms with Gasteiger partial charge in [0.05, 0.1) is 11.3 Å². The Morgan fingerprint density at radius 2 is 2.00 bits per heavy atom. The van der Waals surface area contributed by atoms with Crippen LogP contribution in [0.4, 0.5) is 5.69 Å². The molecule has 0 saturated heterocycles. The summed E-state index contributed by atoms with van der Waals surface area (Å²) in [5, 5.41) is 9.46. The molecule has 0 atom stereocenters. The highest BCUT2D eigenvalue weighted by atomic mass is 16.1. The number of benzene rings is 1. The van der Waals surface area contributed by atoms with Gasteiger partial charge in [-0.3, -0.25) is 9.69 Å². The molecule has 118 valence electrons. The summed E-state index contributed by atoms with van der Waals surface area (Å²) in [7, 11) is 0. The molecule has 3 rings (SSSR count). The van der Waals surface area contributed by atoms with Crippen molar-refractivity contribution in [1.82, 2.24) is 0 Å². The largest absolute Gasteiger partial charge is 0.369 e. The molecule has 23 heavy (non-hydrogen) atoms. The summed E-state index contributed by atoms with van der Waals surface area (Å²) in [5.74, 6) is 0.401. The molecule has 0 aromatic heterocycles. The van der Waals surface area contributed by atoms with E-state index in [1.54, 1.807) is 23.1 Å². The van der Waals surface area contributed by atoms with Gasteiger partial charge in [-0.25, -0.2) is 4.99 Å². The molecule has 7 nitrogen and oxygen atoms in total. The highest BCUT2D eigenvalue weighted by Gasteiger charge is 2.43. The Hall–Kier alpha value is -2.88. The van der Waals surface area contributed by atoms with Gasteiger partial charge < -0.3 is 11.5 Å². The van der Waals surface area contributed by atoms with Crippen LogP contribution in [-0.4, -0.2) is 23.9 Å². The Kier molecular flexibility index (Phi) is 3.74. The van der Waals surface area contributed by atoms with Crippen LogP contribution >= 0.6 is 0 Å². The van der Waals surface area contributed by atoms with Gasteiger partial charge in [0, 0.05) is 5.56 Å². The van der Waals surface area contributed by atoms with Gasteiger partial charge in [0.1, 0.15) is 18.0 Å². The fraction of sp³-hybridized carbons (Fsp3) is 0.375. The Balaban J connectivity index is 2.14. The third-order valence-corrected chi connectivity index (χ3v) is 4.37. The maximum atomic E-state index is 11.0. The molecule has 1 aliphatic carbocycles. The maximum absolute atomic E-state index is 11.0. The lowest BCUT2D eigenvalue weighted by molar-refractivity contribution is 0.112. The summed E-state index contributed by atoms with van der Waals surface area (Å²) in [4.78, 5) is 21.4. The molecule has 0 bridgehead atoms. The van der Waals surface area contributed by atoms with Gasteiger partial charge >= 0.3 is 0 Å². The normalized spacial score (nSPS) is 19.7. The van der Waals surface area contributed by atoms with E-state index in [1.807, 2.05) is 0 Å². The molecule has 1 aliphatic heterocycles. The Labute approximate surface area is 134 Å². The molecule has 1 spiro atoms. The number of carbonyl (C=O) groups is 1. The molecule has 7 heteroatoms. The lowest BCUT2D eigenvalue weighted by Gasteiger charge is -2.45. The van der Waals surface area contributed by atoms with Crippen molar-refractivity contribution in [2.75, 3.05) is 4.90 Å². The minimum atomic E-state index is -0.595. The first-order chi connectivity index (χ1) is 11.1. The number of aliphatic imine (C=N–C) groups is 2. The molecule has 1 heterocycles. The maximum Gasteiger partial charge on any atom is 0.220 e. The molecule has 0 radical (unpaired) electrons. The van der Waals surface area contributed by atoms with Crippen LogP contribution in [0.5, 0.6) is 0 Å². The Morgan fingerprint density at radius 1 is 1.26 bits per heavy atom. The van der Waals surface area contributed by atoms with Gasteiger partial charge in [-0.15, -0.1) is 0 Å². The van der Waals surface area contributed by atoms with Gasteiger partial charge in [0.25, 0.3) is 0 Å². The Morgan fingerprint density at radius 3 is 2.65 bits per heavy atom. The third kappa shape index (κ3) is 2.52. The number of nitrogens with zero attached hydrogens (tertiary/aromatic N) is 4. The second kappa shape index (κ2) is 5.72. The molecular weight excluding hydrogens is 292 g/mol. The number of carbonyl (C=O) groups excluding carboxylic acids is 1. The van der Waals surface area contributed by atoms with E-state index in [-0.39, 0.29) is 11.9 Å². The van der Waals surface area contributed by atoms with Gasteiger partial charge in [0.2, 0.25) is 11.9 Å². The molecule has 0 unspecified atom stereocenters. The number of nitriles is 1. The number of anilines is 1. The topological polar surface area (TPSA) is 121 Å². The predicted molar refractivity (Wildman–Crippen MR) is 88.1 cm³/mol. The van der Waals surface area contributed by atoms with Gasteiger partial charge in [0.15, 0.2) is 0 Å². The van der Waals surface area contributed by atoms with Crippen LogP contribution in [0, 0.1) is 11.3 Å². The van der Waals surface area contributed by atoms with Crippen molar-refractivity contribution in [3.63, 3.8) is 0 Å². The second-order valence-corrected chi connectivity index (χ2v) is 5.82. The second-order valence-electron chi connectivity index (χ2n) is 5.82. The molecule has 1 aromatic rings. The zero-order valence-corrected chi connectivity index (χ0v) is 12.7. The van der Waals surface area contributed by atoms with Crippen molar-refractivity contribution < 1.29 is 4.79 Å². The van der Waals surface area contributed by atoms with E-state index in [1.165, 1.54) is 0 Å². The van der Waals surface area contributed by atoms with Crippen molar-refractivity contribution in [2.45, 2.75) is 37.8 Å². The summed E-state index contributed by atoms with van der Waals surface area (Å²) in [5.41, 5.74) is 12.8. The van der Waals surface area contributed by atoms with Crippen LogP contribution in [-0.2, 0) is 0 Å². The first kappa shape index (κ1) is 15.0. The van der Waals surface area contributed by atoms with E-state index < -0.39 is 5.66 Å². The minimum absolute atomic E-state index is 0.170. The van der Waals surface area contributed by atoms with Crippen LogP contribution < -0.4 is 16.4 Å². The number of nitrogens with two attached hydrogens (primary N) is 2. The van der Waals surface area contributed by atoms with Crippen molar-refractivity contribution >= 4 is 23.9 Å². The number of hydrogen-bond acceptors (Lipinski definition) is 7. The van der Waals surface area contributed by atoms with Crippen molar-refractivity contribution in [3.8, 4) is 6.07 Å². The summed E-state index contributed by atoms with van der Waals surface area (Å²) >= 11 is 0. The Bertz CT molecular complexity index is 739. The zero-order valence-electron chi connectivity index (χ0n) is 12.7. The van der Waals surface area contributed by atoms with Crippen LogP contribution in [0.2, 0.25) is 0 Å². The molecule has 1 aromatic carbocycles. The summed E-state index contributed by atoms with van der Waals surface area (Å²) < 4.78 is 0. The van der Waals surface area contributed by atoms with Crippen LogP contribution in [0.15, 0.2) is 28.2 Å². The van der Waals surface area contributed by atoms with Crippen molar-refractivity contribution in [2.24, 2.45) is 21.5 Å². The SMILES string of the molecule is N#Cc1cc(C=O)ccc1N1C(N)=NC(N)=NC12CCCCC2. The molecule has 2 aliphatic rings. The molecule has 0 amide bonds. The van der Waals surface area contributed by atoms with E-state index in [0.29, 0.717) is 23.1 Å². The van der Waals surface area contributed by atoms with E-state index in [4.69, 9.17) is 11.5 Å². The van der Waals surface area contributed by atoms with Gasteiger partial charge in [-0.1, -0.05) is 6.42 Å². The fourth-order valence-electron chi connectivity index (χ4n) is 3.38. The van der Waals surface area contributed by atoms with Crippen molar-refractivity contribution in [1.29, 1.82) is 5.26 Å². The first-order valence-corrected chi connectivity index (χ1v) is 7.59. The average Bonchev–Trinajstić information content (AvgIpc) is 2.55. The van der Waals surface area contributed by atoms with Crippen LogP contribution in [0.25, 0.3) is 0 Å².